The number of carbonyl (C=O) groups is 1. The van der Waals surface area contributed by atoms with Gasteiger partial charge in [0.05, 0.1) is 14.2 Å². The van der Waals surface area contributed by atoms with Gasteiger partial charge in [-0.3, -0.25) is 0 Å². The molecule has 0 radical (unpaired) electrons. The highest BCUT2D eigenvalue weighted by Gasteiger charge is 2.33. The number of benzene rings is 1. The topological polar surface area (TPSA) is 56.8 Å². The van der Waals surface area contributed by atoms with Crippen LogP contribution >= 0.6 is 0 Å². The number of rotatable bonds is 6. The van der Waals surface area contributed by atoms with Gasteiger partial charge in [0.15, 0.2) is 0 Å². The predicted molar refractivity (Wildman–Crippen MR) is 94.3 cm³/mol. The summed E-state index contributed by atoms with van der Waals surface area (Å²) in [5.74, 6) is 1.42. The summed E-state index contributed by atoms with van der Waals surface area (Å²) in [5.41, 5.74) is 0.301. The van der Waals surface area contributed by atoms with Gasteiger partial charge in [-0.1, -0.05) is 0 Å². The van der Waals surface area contributed by atoms with Crippen LogP contribution in [0.5, 0.6) is 11.5 Å². The minimum absolute atomic E-state index is 0.344. The molecule has 1 heterocycles. The highest BCUT2D eigenvalue weighted by Crippen LogP contribution is 2.29. The van der Waals surface area contributed by atoms with Gasteiger partial charge in [0.2, 0.25) is 0 Å². The lowest BCUT2D eigenvalue weighted by Gasteiger charge is -2.36. The molecule has 0 atom stereocenters. The average Bonchev–Trinajstić information content (AvgIpc) is 2.60. The van der Waals surface area contributed by atoms with Crippen LogP contribution in [0.15, 0.2) is 24.3 Å². The monoisotopic (exact) mass is 333 g/mol. The molecule has 0 spiro atoms. The van der Waals surface area contributed by atoms with Crippen LogP contribution in [0.2, 0.25) is 0 Å². The summed E-state index contributed by atoms with van der Waals surface area (Å²) in [7, 11) is 3.20. The first-order valence-corrected chi connectivity index (χ1v) is 8.30. The average molecular weight is 333 g/mol. The second-order valence-electron chi connectivity index (χ2n) is 6.49. The SMILES string of the molecule is COc1ccc(OC)c(/C=C/C(=O)OC(C)(C)C2CCNCC2)c1. The number of esters is 1. The van der Waals surface area contributed by atoms with Crippen LogP contribution in [-0.2, 0) is 9.53 Å². The molecule has 2 rings (SSSR count). The first-order valence-electron chi connectivity index (χ1n) is 8.30. The molecule has 1 aliphatic heterocycles. The number of ether oxygens (including phenoxy) is 3. The zero-order valence-corrected chi connectivity index (χ0v) is 14.9. The van der Waals surface area contributed by atoms with E-state index in [0.29, 0.717) is 17.4 Å². The third kappa shape index (κ3) is 4.74. The third-order valence-corrected chi connectivity index (χ3v) is 4.52. The molecule has 0 amide bonds. The number of hydrogen-bond donors (Lipinski definition) is 1. The quantitative estimate of drug-likeness (QED) is 0.640. The zero-order chi connectivity index (χ0) is 17.6. The Labute approximate surface area is 144 Å². The lowest BCUT2D eigenvalue weighted by Crippen LogP contribution is -2.42. The second kappa shape index (κ2) is 8.20. The molecule has 1 N–H and O–H groups in total. The molecule has 5 nitrogen and oxygen atoms in total. The molecule has 1 aromatic rings. The Morgan fingerprint density at radius 1 is 1.21 bits per heavy atom. The first-order chi connectivity index (χ1) is 11.5. The fourth-order valence-electron chi connectivity index (χ4n) is 3.02. The summed E-state index contributed by atoms with van der Waals surface area (Å²) in [4.78, 5) is 12.2. The van der Waals surface area contributed by atoms with E-state index in [1.54, 1.807) is 20.3 Å². The van der Waals surface area contributed by atoms with E-state index in [9.17, 15) is 4.79 Å². The number of nitrogens with one attached hydrogen (secondary N) is 1. The van der Waals surface area contributed by atoms with Crippen LogP contribution in [0.25, 0.3) is 6.08 Å². The first kappa shape index (κ1) is 18.3. The fourth-order valence-corrected chi connectivity index (χ4v) is 3.02. The van der Waals surface area contributed by atoms with Crippen molar-refractivity contribution in [3.8, 4) is 11.5 Å². The zero-order valence-electron chi connectivity index (χ0n) is 14.9. The Morgan fingerprint density at radius 3 is 2.54 bits per heavy atom. The van der Waals surface area contributed by atoms with E-state index in [1.807, 2.05) is 32.0 Å². The Kier molecular flexibility index (Phi) is 6.26. The highest BCUT2D eigenvalue weighted by molar-refractivity contribution is 5.88. The van der Waals surface area contributed by atoms with Crippen molar-refractivity contribution in [1.29, 1.82) is 0 Å². The molecule has 0 unspecified atom stereocenters. The molecule has 132 valence electrons. The maximum absolute atomic E-state index is 12.2. The molecule has 1 fully saturated rings. The van der Waals surface area contributed by atoms with Crippen molar-refractivity contribution in [2.24, 2.45) is 5.92 Å². The lowest BCUT2D eigenvalue weighted by molar-refractivity contribution is -0.156. The van der Waals surface area contributed by atoms with Crippen LogP contribution in [0, 0.1) is 5.92 Å². The molecule has 0 saturated carbocycles. The van der Waals surface area contributed by atoms with Crippen molar-refractivity contribution in [2.75, 3.05) is 27.3 Å². The fraction of sp³-hybridized carbons (Fsp3) is 0.526. The van der Waals surface area contributed by atoms with Gasteiger partial charge in [-0.2, -0.15) is 0 Å². The van der Waals surface area contributed by atoms with Gasteiger partial charge in [-0.25, -0.2) is 4.79 Å². The molecule has 1 aromatic carbocycles. The van der Waals surface area contributed by atoms with Crippen molar-refractivity contribution in [3.63, 3.8) is 0 Å². The molecular formula is C19H27NO4. The van der Waals surface area contributed by atoms with E-state index in [4.69, 9.17) is 14.2 Å². The summed E-state index contributed by atoms with van der Waals surface area (Å²) in [6.45, 7) is 5.92. The largest absolute Gasteiger partial charge is 0.497 e. The van der Waals surface area contributed by atoms with Gasteiger partial charge in [0.1, 0.15) is 17.1 Å². The molecule has 1 aliphatic rings. The Hall–Kier alpha value is -2.01. The molecule has 5 heteroatoms. The van der Waals surface area contributed by atoms with E-state index >= 15 is 0 Å². The van der Waals surface area contributed by atoms with Crippen molar-refractivity contribution in [1.82, 2.24) is 5.32 Å². The van der Waals surface area contributed by atoms with Crippen LogP contribution in [0.1, 0.15) is 32.3 Å². The number of methoxy groups -OCH3 is 2. The number of carbonyl (C=O) groups excluding carboxylic acids is 1. The summed E-state index contributed by atoms with van der Waals surface area (Å²) in [6.07, 6.45) is 5.18. The predicted octanol–water partition coefficient (Wildman–Crippen LogP) is 3.04. The maximum atomic E-state index is 12.2. The number of hydrogen-bond acceptors (Lipinski definition) is 5. The van der Waals surface area contributed by atoms with Gasteiger partial charge in [-0.05, 0) is 64.1 Å². The third-order valence-electron chi connectivity index (χ3n) is 4.52. The van der Waals surface area contributed by atoms with Gasteiger partial charge >= 0.3 is 5.97 Å². The normalized spacial score (nSPS) is 16.2. The maximum Gasteiger partial charge on any atom is 0.331 e. The van der Waals surface area contributed by atoms with Crippen molar-refractivity contribution >= 4 is 12.0 Å². The lowest BCUT2D eigenvalue weighted by atomic mass is 9.83. The van der Waals surface area contributed by atoms with Crippen LogP contribution in [-0.4, -0.2) is 38.9 Å². The van der Waals surface area contributed by atoms with Gasteiger partial charge in [0.25, 0.3) is 0 Å². The molecular weight excluding hydrogens is 306 g/mol. The van der Waals surface area contributed by atoms with Crippen molar-refractivity contribution in [2.45, 2.75) is 32.3 Å². The Bertz CT molecular complexity index is 589. The van der Waals surface area contributed by atoms with E-state index in [-0.39, 0.29) is 5.97 Å². The van der Waals surface area contributed by atoms with Crippen molar-refractivity contribution in [3.05, 3.63) is 29.8 Å². The number of piperidine rings is 1. The standard InChI is InChI=1S/C19H27NO4/c1-19(2,15-9-11-20-12-10-15)24-18(21)8-5-14-13-16(22-3)6-7-17(14)23-4/h5-8,13,15,20H,9-12H2,1-4H3/b8-5+. The summed E-state index contributed by atoms with van der Waals surface area (Å²) < 4.78 is 16.2. The molecule has 0 aromatic heterocycles. The minimum atomic E-state index is -0.470. The van der Waals surface area contributed by atoms with Gasteiger partial charge in [0, 0.05) is 17.6 Å². The van der Waals surface area contributed by atoms with E-state index in [1.165, 1.54) is 6.08 Å². The Morgan fingerprint density at radius 2 is 1.92 bits per heavy atom. The van der Waals surface area contributed by atoms with E-state index < -0.39 is 5.60 Å². The van der Waals surface area contributed by atoms with E-state index in [2.05, 4.69) is 5.32 Å². The molecule has 0 bridgehead atoms. The summed E-state index contributed by atoms with van der Waals surface area (Å²) in [5, 5.41) is 3.33. The van der Waals surface area contributed by atoms with Gasteiger partial charge < -0.3 is 19.5 Å². The Balaban J connectivity index is 2.04. The second-order valence-corrected chi connectivity index (χ2v) is 6.49. The van der Waals surface area contributed by atoms with Crippen LogP contribution in [0.3, 0.4) is 0 Å². The van der Waals surface area contributed by atoms with Crippen LogP contribution in [0.4, 0.5) is 0 Å². The summed E-state index contributed by atoms with van der Waals surface area (Å²) >= 11 is 0. The van der Waals surface area contributed by atoms with E-state index in [0.717, 1.165) is 31.5 Å². The minimum Gasteiger partial charge on any atom is -0.497 e. The molecule has 1 saturated heterocycles. The van der Waals surface area contributed by atoms with Gasteiger partial charge in [-0.15, -0.1) is 0 Å². The van der Waals surface area contributed by atoms with Crippen LogP contribution < -0.4 is 14.8 Å². The van der Waals surface area contributed by atoms with Crippen molar-refractivity contribution < 1.29 is 19.0 Å². The summed E-state index contributed by atoms with van der Waals surface area (Å²) in [6, 6.07) is 5.44. The molecule has 0 aliphatic carbocycles. The highest BCUT2D eigenvalue weighted by atomic mass is 16.6. The smallest absolute Gasteiger partial charge is 0.331 e. The molecule has 24 heavy (non-hydrogen) atoms.